The van der Waals surface area contributed by atoms with Crippen LogP contribution in [-0.2, 0) is 15.6 Å². The molecule has 0 saturated heterocycles. The van der Waals surface area contributed by atoms with E-state index in [9.17, 15) is 8.42 Å². The minimum absolute atomic E-state index is 0.141. The molecule has 2 aromatic rings. The van der Waals surface area contributed by atoms with Gasteiger partial charge in [-0.2, -0.15) is 0 Å². The van der Waals surface area contributed by atoms with Gasteiger partial charge in [-0.3, -0.25) is 0 Å². The summed E-state index contributed by atoms with van der Waals surface area (Å²) in [5.41, 5.74) is 1.41. The maximum absolute atomic E-state index is 11.6. The number of sulfone groups is 1. The van der Waals surface area contributed by atoms with Crippen molar-refractivity contribution in [2.45, 2.75) is 5.75 Å². The first-order chi connectivity index (χ1) is 9.00. The van der Waals surface area contributed by atoms with E-state index < -0.39 is 9.84 Å². The molecule has 0 atom stereocenters. The van der Waals surface area contributed by atoms with Crippen LogP contribution >= 0.6 is 22.9 Å². The average molecular weight is 318 g/mol. The number of benzene rings is 1. The number of aliphatic hydroxyl groups excluding tert-OH is 1. The number of halogens is 1. The Kier molecular flexibility index (Phi) is 4.57. The molecule has 1 aromatic heterocycles. The lowest BCUT2D eigenvalue weighted by Crippen LogP contribution is -2.12. The van der Waals surface area contributed by atoms with Crippen molar-refractivity contribution in [3.8, 4) is 10.6 Å². The van der Waals surface area contributed by atoms with E-state index in [2.05, 4.69) is 4.98 Å². The van der Waals surface area contributed by atoms with Crippen LogP contribution in [0.2, 0.25) is 5.02 Å². The fraction of sp³-hybridized carbons (Fsp3) is 0.250. The fourth-order valence-electron chi connectivity index (χ4n) is 1.53. The molecule has 0 saturated carbocycles. The fourth-order valence-corrected chi connectivity index (χ4v) is 3.61. The Morgan fingerprint density at radius 2 is 1.95 bits per heavy atom. The Morgan fingerprint density at radius 1 is 1.26 bits per heavy atom. The zero-order chi connectivity index (χ0) is 13.9. The smallest absolute Gasteiger partial charge is 0.158 e. The van der Waals surface area contributed by atoms with Gasteiger partial charge in [-0.1, -0.05) is 23.7 Å². The standard InChI is InChI=1S/C12H12ClNO3S2/c13-10-3-1-9(2-4-10)12-14-11(7-18-12)8-19(16,17)6-5-15/h1-4,7,15H,5-6,8H2. The van der Waals surface area contributed by atoms with E-state index in [4.69, 9.17) is 16.7 Å². The van der Waals surface area contributed by atoms with Crippen LogP contribution in [0.5, 0.6) is 0 Å². The molecule has 0 aliphatic rings. The lowest BCUT2D eigenvalue weighted by Gasteiger charge is -1.99. The molecule has 19 heavy (non-hydrogen) atoms. The lowest BCUT2D eigenvalue weighted by molar-refractivity contribution is 0.319. The van der Waals surface area contributed by atoms with Crippen molar-refractivity contribution in [3.05, 3.63) is 40.4 Å². The topological polar surface area (TPSA) is 67.3 Å². The summed E-state index contributed by atoms with van der Waals surface area (Å²) in [4.78, 5) is 4.29. The summed E-state index contributed by atoms with van der Waals surface area (Å²) >= 11 is 7.19. The number of hydrogen-bond donors (Lipinski definition) is 1. The summed E-state index contributed by atoms with van der Waals surface area (Å²) in [5, 5.41) is 11.8. The van der Waals surface area contributed by atoms with Crippen molar-refractivity contribution in [2.75, 3.05) is 12.4 Å². The van der Waals surface area contributed by atoms with Crippen LogP contribution in [0.25, 0.3) is 10.6 Å². The normalized spacial score (nSPS) is 11.7. The second-order valence-corrected chi connectivity index (χ2v) is 7.45. The van der Waals surface area contributed by atoms with E-state index in [-0.39, 0.29) is 18.1 Å². The SMILES string of the molecule is O=S(=O)(CCO)Cc1csc(-c2ccc(Cl)cc2)n1. The minimum Gasteiger partial charge on any atom is -0.395 e. The number of thiazole rings is 1. The molecule has 4 nitrogen and oxygen atoms in total. The molecule has 0 fully saturated rings. The van der Waals surface area contributed by atoms with Gasteiger partial charge >= 0.3 is 0 Å². The summed E-state index contributed by atoms with van der Waals surface area (Å²) in [6.07, 6.45) is 0. The van der Waals surface area contributed by atoms with Gasteiger partial charge in [-0.05, 0) is 12.1 Å². The summed E-state index contributed by atoms with van der Waals surface area (Å²) < 4.78 is 23.2. The van der Waals surface area contributed by atoms with E-state index in [1.807, 2.05) is 12.1 Å². The van der Waals surface area contributed by atoms with E-state index in [1.54, 1.807) is 17.5 Å². The predicted molar refractivity (Wildman–Crippen MR) is 77.1 cm³/mol. The number of aliphatic hydroxyl groups is 1. The first kappa shape index (κ1) is 14.5. The van der Waals surface area contributed by atoms with Crippen molar-refractivity contribution in [1.82, 2.24) is 4.98 Å². The van der Waals surface area contributed by atoms with E-state index in [0.29, 0.717) is 10.7 Å². The van der Waals surface area contributed by atoms with Crippen LogP contribution in [0.1, 0.15) is 5.69 Å². The second kappa shape index (κ2) is 6.00. The van der Waals surface area contributed by atoms with Gasteiger partial charge in [0.15, 0.2) is 9.84 Å². The summed E-state index contributed by atoms with van der Waals surface area (Å²) in [6, 6.07) is 7.21. The minimum atomic E-state index is -3.29. The van der Waals surface area contributed by atoms with Crippen LogP contribution in [0.15, 0.2) is 29.6 Å². The summed E-state index contributed by atoms with van der Waals surface area (Å²) in [5.74, 6) is -0.377. The highest BCUT2D eigenvalue weighted by molar-refractivity contribution is 7.90. The van der Waals surface area contributed by atoms with Crippen molar-refractivity contribution in [3.63, 3.8) is 0 Å². The maximum atomic E-state index is 11.6. The molecule has 1 aromatic carbocycles. The molecule has 102 valence electrons. The molecule has 0 bridgehead atoms. The Morgan fingerprint density at radius 3 is 2.58 bits per heavy atom. The van der Waals surface area contributed by atoms with Crippen molar-refractivity contribution >= 4 is 32.8 Å². The van der Waals surface area contributed by atoms with Gasteiger partial charge in [0.05, 0.1) is 23.8 Å². The van der Waals surface area contributed by atoms with Crippen LogP contribution in [0.4, 0.5) is 0 Å². The Balaban J connectivity index is 2.18. The van der Waals surface area contributed by atoms with Crippen molar-refractivity contribution < 1.29 is 13.5 Å². The third kappa shape index (κ3) is 4.01. The highest BCUT2D eigenvalue weighted by atomic mass is 35.5. The molecule has 2 rings (SSSR count). The molecule has 7 heteroatoms. The summed E-state index contributed by atoms with van der Waals surface area (Å²) in [7, 11) is -3.29. The van der Waals surface area contributed by atoms with Crippen LogP contribution in [-0.4, -0.2) is 30.9 Å². The van der Waals surface area contributed by atoms with E-state index in [1.165, 1.54) is 11.3 Å². The molecular formula is C12H12ClNO3S2. The first-order valence-corrected chi connectivity index (χ1v) is 8.60. The highest BCUT2D eigenvalue weighted by Gasteiger charge is 2.14. The maximum Gasteiger partial charge on any atom is 0.158 e. The predicted octanol–water partition coefficient (Wildman–Crippen LogP) is 2.37. The first-order valence-electron chi connectivity index (χ1n) is 5.52. The quantitative estimate of drug-likeness (QED) is 0.919. The van der Waals surface area contributed by atoms with Gasteiger partial charge in [-0.25, -0.2) is 13.4 Å². The molecule has 0 aliphatic heterocycles. The van der Waals surface area contributed by atoms with Crippen molar-refractivity contribution in [1.29, 1.82) is 0 Å². The van der Waals surface area contributed by atoms with Gasteiger partial charge in [-0.15, -0.1) is 11.3 Å². The number of aromatic nitrogens is 1. The average Bonchev–Trinajstić information content (AvgIpc) is 2.77. The van der Waals surface area contributed by atoms with Crippen LogP contribution in [0.3, 0.4) is 0 Å². The molecule has 0 radical (unpaired) electrons. The monoisotopic (exact) mass is 317 g/mol. The van der Waals surface area contributed by atoms with Gasteiger partial charge in [0.1, 0.15) is 5.01 Å². The zero-order valence-corrected chi connectivity index (χ0v) is 12.3. The van der Waals surface area contributed by atoms with Gasteiger partial charge in [0.25, 0.3) is 0 Å². The van der Waals surface area contributed by atoms with Gasteiger partial charge in [0.2, 0.25) is 0 Å². The van der Waals surface area contributed by atoms with Crippen molar-refractivity contribution in [2.24, 2.45) is 0 Å². The molecule has 0 spiro atoms. The third-order valence-electron chi connectivity index (χ3n) is 2.41. The largest absolute Gasteiger partial charge is 0.395 e. The zero-order valence-electron chi connectivity index (χ0n) is 9.91. The molecule has 1 N–H and O–H groups in total. The highest BCUT2D eigenvalue weighted by Crippen LogP contribution is 2.25. The number of nitrogens with zero attached hydrogens (tertiary/aromatic N) is 1. The lowest BCUT2D eigenvalue weighted by atomic mass is 10.2. The molecule has 0 unspecified atom stereocenters. The molecular weight excluding hydrogens is 306 g/mol. The Hall–Kier alpha value is -0.950. The van der Waals surface area contributed by atoms with Crippen LogP contribution in [0, 0.1) is 0 Å². The van der Waals surface area contributed by atoms with Crippen LogP contribution < -0.4 is 0 Å². The molecule has 0 amide bonds. The summed E-state index contributed by atoms with van der Waals surface area (Å²) in [6.45, 7) is -0.365. The van der Waals surface area contributed by atoms with Gasteiger partial charge < -0.3 is 5.11 Å². The van der Waals surface area contributed by atoms with E-state index >= 15 is 0 Å². The third-order valence-corrected chi connectivity index (χ3v) is 5.15. The van der Waals surface area contributed by atoms with Gasteiger partial charge in [0, 0.05) is 16.0 Å². The number of rotatable bonds is 5. The number of hydrogen-bond acceptors (Lipinski definition) is 5. The Labute approximate surface area is 120 Å². The molecule has 0 aliphatic carbocycles. The molecule has 1 heterocycles. The van der Waals surface area contributed by atoms with E-state index in [0.717, 1.165) is 10.6 Å². The second-order valence-electron chi connectivity index (χ2n) is 3.97. The Bertz CT molecular complexity index is 650.